The predicted octanol–water partition coefficient (Wildman–Crippen LogP) is -0.324. The molecule has 76 valence electrons. The van der Waals surface area contributed by atoms with E-state index in [1.807, 2.05) is 11.8 Å². The predicted molar refractivity (Wildman–Crippen MR) is 52.0 cm³/mol. The fraction of sp³-hybridized carbons (Fsp3) is 0.875. The number of nitrogens with zero attached hydrogens (tertiary/aromatic N) is 2. The third-order valence-electron chi connectivity index (χ3n) is 2.24. The summed E-state index contributed by atoms with van der Waals surface area (Å²) < 4.78 is 5.51. The lowest BCUT2D eigenvalue weighted by atomic mass is 10.1. The summed E-state index contributed by atoms with van der Waals surface area (Å²) in [4.78, 5) is 1.96. The highest BCUT2D eigenvalue weighted by Crippen LogP contribution is 2.12. The summed E-state index contributed by atoms with van der Waals surface area (Å²) in [7, 11) is 0. The number of likely N-dealkylation sites (tertiary alicyclic amines) is 1. The first-order valence-electron chi connectivity index (χ1n) is 4.67. The van der Waals surface area contributed by atoms with E-state index in [2.05, 4.69) is 5.10 Å². The maximum Gasteiger partial charge on any atom is 0.213 e. The van der Waals surface area contributed by atoms with Crippen molar-refractivity contribution in [3.63, 3.8) is 0 Å². The molecule has 1 heterocycles. The summed E-state index contributed by atoms with van der Waals surface area (Å²) in [6.45, 7) is 4.48. The Morgan fingerprint density at radius 3 is 3.08 bits per heavy atom. The van der Waals surface area contributed by atoms with Crippen molar-refractivity contribution in [2.75, 3.05) is 19.7 Å². The Morgan fingerprint density at radius 2 is 2.46 bits per heavy atom. The molecule has 0 spiro atoms. The van der Waals surface area contributed by atoms with E-state index in [1.165, 1.54) is 0 Å². The Labute approximate surface area is 78.7 Å². The van der Waals surface area contributed by atoms with Crippen LogP contribution in [-0.2, 0) is 4.74 Å². The molecule has 0 aromatic heterocycles. The van der Waals surface area contributed by atoms with Crippen LogP contribution in [0.5, 0.6) is 0 Å². The van der Waals surface area contributed by atoms with E-state index in [-0.39, 0.29) is 6.10 Å². The molecule has 0 aromatic carbocycles. The van der Waals surface area contributed by atoms with Crippen LogP contribution < -0.4 is 11.6 Å². The van der Waals surface area contributed by atoms with Gasteiger partial charge in [0.1, 0.15) is 0 Å². The third kappa shape index (κ3) is 2.77. The molecule has 0 radical (unpaired) electrons. The van der Waals surface area contributed by atoms with E-state index in [9.17, 15) is 0 Å². The van der Waals surface area contributed by atoms with Crippen LogP contribution in [0.2, 0.25) is 0 Å². The number of hydrogen-bond donors (Lipinski definition) is 2. The van der Waals surface area contributed by atoms with Gasteiger partial charge in [-0.2, -0.15) is 0 Å². The average Bonchev–Trinajstić information content (AvgIpc) is 2.18. The molecule has 1 aliphatic rings. The SMILES string of the molecule is CCOC1CCCN(/C(N)=N/N)C1. The largest absolute Gasteiger partial charge is 0.377 e. The fourth-order valence-electron chi connectivity index (χ4n) is 1.60. The van der Waals surface area contributed by atoms with Gasteiger partial charge in [-0.05, 0) is 19.8 Å². The van der Waals surface area contributed by atoms with Crippen LogP contribution in [-0.4, -0.2) is 36.7 Å². The zero-order chi connectivity index (χ0) is 9.68. The van der Waals surface area contributed by atoms with Crippen molar-refractivity contribution < 1.29 is 4.74 Å². The minimum atomic E-state index is 0.277. The fourth-order valence-corrected chi connectivity index (χ4v) is 1.60. The summed E-state index contributed by atoms with van der Waals surface area (Å²) in [5, 5.41) is 3.47. The number of hydrogen-bond acceptors (Lipinski definition) is 3. The molecule has 1 fully saturated rings. The molecule has 1 rings (SSSR count). The van der Waals surface area contributed by atoms with Crippen LogP contribution in [0.1, 0.15) is 19.8 Å². The van der Waals surface area contributed by atoms with Crippen LogP contribution in [0, 0.1) is 0 Å². The third-order valence-corrected chi connectivity index (χ3v) is 2.24. The Balaban J connectivity index is 2.41. The Morgan fingerprint density at radius 1 is 1.69 bits per heavy atom. The van der Waals surface area contributed by atoms with Gasteiger partial charge in [-0.3, -0.25) is 0 Å². The molecule has 1 unspecified atom stereocenters. The van der Waals surface area contributed by atoms with E-state index in [0.717, 1.165) is 32.5 Å². The first-order valence-corrected chi connectivity index (χ1v) is 4.67. The average molecular weight is 186 g/mol. The second-order valence-electron chi connectivity index (χ2n) is 3.15. The molecule has 1 atom stereocenters. The smallest absolute Gasteiger partial charge is 0.213 e. The van der Waals surface area contributed by atoms with Crippen LogP contribution in [0.4, 0.5) is 0 Å². The molecule has 0 amide bonds. The molecule has 5 nitrogen and oxygen atoms in total. The van der Waals surface area contributed by atoms with Crippen molar-refractivity contribution in [2.45, 2.75) is 25.9 Å². The molecule has 1 saturated heterocycles. The van der Waals surface area contributed by atoms with E-state index in [1.54, 1.807) is 0 Å². The van der Waals surface area contributed by atoms with Crippen LogP contribution >= 0.6 is 0 Å². The first-order chi connectivity index (χ1) is 6.27. The van der Waals surface area contributed by atoms with Crippen LogP contribution in [0.25, 0.3) is 0 Å². The molecule has 1 aliphatic heterocycles. The molecule has 0 aromatic rings. The van der Waals surface area contributed by atoms with Gasteiger partial charge in [-0.1, -0.05) is 0 Å². The summed E-state index contributed by atoms with van der Waals surface area (Å²) in [6.07, 6.45) is 2.46. The normalized spacial score (nSPS) is 24.8. The van der Waals surface area contributed by atoms with Gasteiger partial charge in [0.25, 0.3) is 0 Å². The number of piperidine rings is 1. The van der Waals surface area contributed by atoms with Crippen molar-refractivity contribution in [2.24, 2.45) is 16.7 Å². The molecular weight excluding hydrogens is 168 g/mol. The van der Waals surface area contributed by atoms with E-state index >= 15 is 0 Å². The number of nitrogens with two attached hydrogens (primary N) is 2. The molecule has 5 heteroatoms. The van der Waals surface area contributed by atoms with Crippen molar-refractivity contribution >= 4 is 5.96 Å². The zero-order valence-corrected chi connectivity index (χ0v) is 8.07. The van der Waals surface area contributed by atoms with Gasteiger partial charge in [-0.15, -0.1) is 5.10 Å². The van der Waals surface area contributed by atoms with Crippen molar-refractivity contribution in [3.8, 4) is 0 Å². The maximum atomic E-state index is 5.60. The maximum absolute atomic E-state index is 5.60. The molecule has 4 N–H and O–H groups in total. The van der Waals surface area contributed by atoms with Gasteiger partial charge in [-0.25, -0.2) is 0 Å². The molecule has 0 bridgehead atoms. The highest BCUT2D eigenvalue weighted by atomic mass is 16.5. The quantitative estimate of drug-likeness (QED) is 0.268. The van der Waals surface area contributed by atoms with Gasteiger partial charge >= 0.3 is 0 Å². The monoisotopic (exact) mass is 186 g/mol. The highest BCUT2D eigenvalue weighted by molar-refractivity contribution is 5.77. The van der Waals surface area contributed by atoms with Crippen molar-refractivity contribution in [1.29, 1.82) is 0 Å². The van der Waals surface area contributed by atoms with E-state index < -0.39 is 0 Å². The molecular formula is C8H18N4O. The summed E-state index contributed by atoms with van der Waals surface area (Å²) >= 11 is 0. The van der Waals surface area contributed by atoms with Gasteiger partial charge < -0.3 is 21.2 Å². The van der Waals surface area contributed by atoms with E-state index in [0.29, 0.717) is 5.96 Å². The van der Waals surface area contributed by atoms with Crippen molar-refractivity contribution in [3.05, 3.63) is 0 Å². The lowest BCUT2D eigenvalue weighted by Crippen LogP contribution is -2.47. The second kappa shape index (κ2) is 4.91. The Bertz CT molecular complexity index is 181. The Kier molecular flexibility index (Phi) is 3.82. The lowest BCUT2D eigenvalue weighted by molar-refractivity contribution is 0.0232. The molecule has 0 aliphatic carbocycles. The summed E-state index contributed by atoms with van der Waals surface area (Å²) in [5.74, 6) is 5.51. The number of hydrazone groups is 1. The number of rotatable bonds is 2. The zero-order valence-electron chi connectivity index (χ0n) is 8.07. The lowest BCUT2D eigenvalue weighted by Gasteiger charge is -2.32. The topological polar surface area (TPSA) is 76.9 Å². The molecule has 0 saturated carbocycles. The second-order valence-corrected chi connectivity index (χ2v) is 3.15. The first kappa shape index (κ1) is 10.1. The standard InChI is InChI=1S/C8H18N4O/c1-2-13-7-4-3-5-12(6-7)8(9)11-10/h7H,2-6,10H2,1H3,(H2,9,11). The number of guanidine groups is 1. The van der Waals surface area contributed by atoms with Gasteiger partial charge in [0.2, 0.25) is 5.96 Å². The van der Waals surface area contributed by atoms with Gasteiger partial charge in [0, 0.05) is 19.7 Å². The summed E-state index contributed by atoms with van der Waals surface area (Å²) in [6, 6.07) is 0. The Hall–Kier alpha value is -0.970. The number of ether oxygens (including phenoxy) is 1. The minimum Gasteiger partial charge on any atom is -0.377 e. The van der Waals surface area contributed by atoms with Crippen LogP contribution in [0.3, 0.4) is 0 Å². The van der Waals surface area contributed by atoms with Crippen molar-refractivity contribution in [1.82, 2.24) is 4.90 Å². The van der Waals surface area contributed by atoms with Gasteiger partial charge in [0.05, 0.1) is 6.10 Å². The summed E-state index contributed by atoms with van der Waals surface area (Å²) in [5.41, 5.74) is 5.60. The molecule has 13 heavy (non-hydrogen) atoms. The highest BCUT2D eigenvalue weighted by Gasteiger charge is 2.20. The minimum absolute atomic E-state index is 0.277. The van der Waals surface area contributed by atoms with Gasteiger partial charge in [0.15, 0.2) is 0 Å². The van der Waals surface area contributed by atoms with Crippen LogP contribution in [0.15, 0.2) is 5.10 Å². The van der Waals surface area contributed by atoms with E-state index in [4.69, 9.17) is 16.3 Å².